The van der Waals surface area contributed by atoms with Gasteiger partial charge in [-0.3, -0.25) is 9.59 Å². The van der Waals surface area contributed by atoms with Gasteiger partial charge in [-0.05, 0) is 65.5 Å². The Labute approximate surface area is 201 Å². The Morgan fingerprint density at radius 2 is 1.84 bits per heavy atom. The van der Waals surface area contributed by atoms with E-state index in [1.54, 1.807) is 43.5 Å². The maximum absolute atomic E-state index is 12.7. The minimum atomic E-state index is -0.793. The second-order valence-electron chi connectivity index (χ2n) is 7.61. The molecule has 0 radical (unpaired) electrons. The van der Waals surface area contributed by atoms with Gasteiger partial charge in [-0.25, -0.2) is 5.43 Å². The Hall–Kier alpha value is -2.58. The van der Waals surface area contributed by atoms with Gasteiger partial charge in [-0.15, -0.1) is 0 Å². The van der Waals surface area contributed by atoms with Crippen molar-refractivity contribution in [3.8, 4) is 11.5 Å². The Bertz CT molecular complexity index is 995. The molecular formula is C23H27BrClN3O4. The van der Waals surface area contributed by atoms with Crippen molar-refractivity contribution in [3.05, 3.63) is 57.0 Å². The van der Waals surface area contributed by atoms with E-state index in [2.05, 4.69) is 31.8 Å². The molecule has 1 atom stereocenters. The number of rotatable bonds is 9. The molecule has 7 nitrogen and oxygen atoms in total. The van der Waals surface area contributed by atoms with Crippen molar-refractivity contribution >= 4 is 45.6 Å². The van der Waals surface area contributed by atoms with Crippen LogP contribution in [0.3, 0.4) is 0 Å². The highest BCUT2D eigenvalue weighted by Crippen LogP contribution is 2.37. The molecule has 2 amide bonds. The first-order valence-electron chi connectivity index (χ1n) is 10.1. The van der Waals surface area contributed by atoms with Crippen molar-refractivity contribution in [3.63, 3.8) is 0 Å². The number of nitrogens with one attached hydrogen (secondary N) is 2. The third-order valence-corrected chi connectivity index (χ3v) is 5.27. The third kappa shape index (κ3) is 6.97. The zero-order valence-electron chi connectivity index (χ0n) is 18.6. The Balaban J connectivity index is 2.11. The first-order valence-corrected chi connectivity index (χ1v) is 11.2. The fourth-order valence-electron chi connectivity index (χ4n) is 2.80. The van der Waals surface area contributed by atoms with Crippen molar-refractivity contribution < 1.29 is 19.1 Å². The third-order valence-electron chi connectivity index (χ3n) is 4.35. The lowest BCUT2D eigenvalue weighted by molar-refractivity contribution is -0.123. The summed E-state index contributed by atoms with van der Waals surface area (Å²) < 4.78 is 11.9. The highest BCUT2D eigenvalue weighted by molar-refractivity contribution is 9.10. The molecule has 9 heteroatoms. The lowest BCUT2D eigenvalue weighted by Crippen LogP contribution is -2.48. The van der Waals surface area contributed by atoms with Crippen LogP contribution in [0.1, 0.15) is 43.6 Å². The Morgan fingerprint density at radius 3 is 2.44 bits per heavy atom. The van der Waals surface area contributed by atoms with Gasteiger partial charge in [0.25, 0.3) is 11.8 Å². The standard InChI is InChI=1S/C23H27BrClN3O4/c1-13(2)20(27-22(29)16-8-6-7-9-18(16)25)23(30)28-26-12-15-10-17(24)21(32-14(3)4)19(11-15)31-5/h6-14,20H,1-5H3,(H,27,29)(H,28,30). The number of hydrogen-bond acceptors (Lipinski definition) is 5. The van der Waals surface area contributed by atoms with Gasteiger partial charge >= 0.3 is 0 Å². The second-order valence-corrected chi connectivity index (χ2v) is 8.87. The summed E-state index contributed by atoms with van der Waals surface area (Å²) >= 11 is 9.55. The van der Waals surface area contributed by atoms with Crippen LogP contribution in [0, 0.1) is 5.92 Å². The molecule has 1 unspecified atom stereocenters. The first-order chi connectivity index (χ1) is 15.1. The van der Waals surface area contributed by atoms with Gasteiger partial charge in [0.1, 0.15) is 6.04 Å². The normalized spacial score (nSPS) is 12.2. The van der Waals surface area contributed by atoms with E-state index in [4.69, 9.17) is 21.1 Å². The molecule has 0 bridgehead atoms. The van der Waals surface area contributed by atoms with Crippen LogP contribution in [-0.2, 0) is 4.79 Å². The predicted molar refractivity (Wildman–Crippen MR) is 130 cm³/mol. The number of halogens is 2. The quantitative estimate of drug-likeness (QED) is 0.364. The molecule has 2 rings (SSSR count). The van der Waals surface area contributed by atoms with Crippen LogP contribution in [0.2, 0.25) is 5.02 Å². The molecule has 0 aromatic heterocycles. The van der Waals surface area contributed by atoms with Crippen molar-refractivity contribution in [1.82, 2.24) is 10.7 Å². The van der Waals surface area contributed by atoms with Crippen LogP contribution in [0.25, 0.3) is 0 Å². The molecule has 0 aliphatic rings. The lowest BCUT2D eigenvalue weighted by Gasteiger charge is -2.20. The van der Waals surface area contributed by atoms with Gasteiger partial charge in [-0.2, -0.15) is 5.10 Å². The first kappa shape index (κ1) is 25.7. The summed E-state index contributed by atoms with van der Waals surface area (Å²) in [6, 6.07) is 9.41. The van der Waals surface area contributed by atoms with Crippen molar-refractivity contribution in [2.45, 2.75) is 39.8 Å². The summed E-state index contributed by atoms with van der Waals surface area (Å²) in [6.07, 6.45) is 1.46. The van der Waals surface area contributed by atoms with Gasteiger partial charge in [0.05, 0.1) is 34.5 Å². The number of nitrogens with zero attached hydrogens (tertiary/aromatic N) is 1. The molecule has 0 aliphatic carbocycles. The number of hydrogen-bond donors (Lipinski definition) is 2. The van der Waals surface area contributed by atoms with E-state index in [1.807, 2.05) is 27.7 Å². The number of benzene rings is 2. The van der Waals surface area contributed by atoms with Crippen LogP contribution < -0.4 is 20.2 Å². The molecule has 2 aromatic rings. The number of carbonyl (C=O) groups is 2. The predicted octanol–water partition coefficient (Wildman–Crippen LogP) is 4.80. The monoisotopic (exact) mass is 523 g/mol. The SMILES string of the molecule is COc1cc(C=NNC(=O)C(NC(=O)c2ccccc2Cl)C(C)C)cc(Br)c1OC(C)C. The van der Waals surface area contributed by atoms with Crippen LogP contribution in [0.5, 0.6) is 11.5 Å². The molecule has 0 heterocycles. The molecule has 0 fully saturated rings. The molecule has 32 heavy (non-hydrogen) atoms. The molecule has 0 saturated heterocycles. The van der Waals surface area contributed by atoms with Gasteiger partial charge < -0.3 is 14.8 Å². The number of methoxy groups -OCH3 is 1. The highest BCUT2D eigenvalue weighted by Gasteiger charge is 2.25. The van der Waals surface area contributed by atoms with E-state index in [0.29, 0.717) is 32.1 Å². The molecule has 172 valence electrons. The Kier molecular flexibility index (Phi) is 9.53. The molecule has 0 spiro atoms. The highest BCUT2D eigenvalue weighted by atomic mass is 79.9. The number of hydrazone groups is 1. The zero-order chi connectivity index (χ0) is 23.8. The molecule has 0 saturated carbocycles. The van der Waals surface area contributed by atoms with Crippen LogP contribution in [-0.4, -0.2) is 37.3 Å². The number of ether oxygens (including phenoxy) is 2. The van der Waals surface area contributed by atoms with Gasteiger partial charge in [-0.1, -0.05) is 37.6 Å². The van der Waals surface area contributed by atoms with Crippen molar-refractivity contribution in [2.24, 2.45) is 11.0 Å². The smallest absolute Gasteiger partial charge is 0.262 e. The topological polar surface area (TPSA) is 89.0 Å². The summed E-state index contributed by atoms with van der Waals surface area (Å²) in [4.78, 5) is 25.2. The van der Waals surface area contributed by atoms with Gasteiger partial charge in [0.2, 0.25) is 0 Å². The molecule has 2 N–H and O–H groups in total. The van der Waals surface area contributed by atoms with E-state index in [-0.39, 0.29) is 12.0 Å². The minimum Gasteiger partial charge on any atom is -0.493 e. The maximum Gasteiger partial charge on any atom is 0.262 e. The summed E-state index contributed by atoms with van der Waals surface area (Å²) in [5.41, 5.74) is 3.47. The van der Waals surface area contributed by atoms with Crippen LogP contribution in [0.4, 0.5) is 0 Å². The molecular weight excluding hydrogens is 498 g/mol. The lowest BCUT2D eigenvalue weighted by atomic mass is 10.0. The van der Waals surface area contributed by atoms with Gasteiger partial charge in [0, 0.05) is 0 Å². The number of amides is 2. The van der Waals surface area contributed by atoms with Gasteiger partial charge in [0.15, 0.2) is 11.5 Å². The van der Waals surface area contributed by atoms with Crippen LogP contribution in [0.15, 0.2) is 46.0 Å². The summed E-state index contributed by atoms with van der Waals surface area (Å²) in [6.45, 7) is 7.51. The van der Waals surface area contributed by atoms with Crippen molar-refractivity contribution in [1.29, 1.82) is 0 Å². The van der Waals surface area contributed by atoms with Crippen molar-refractivity contribution in [2.75, 3.05) is 7.11 Å². The van der Waals surface area contributed by atoms with E-state index in [9.17, 15) is 9.59 Å². The van der Waals surface area contributed by atoms with E-state index in [1.165, 1.54) is 6.21 Å². The minimum absolute atomic E-state index is 0.0204. The van der Waals surface area contributed by atoms with E-state index in [0.717, 1.165) is 0 Å². The largest absolute Gasteiger partial charge is 0.493 e. The molecule has 0 aliphatic heterocycles. The van der Waals surface area contributed by atoms with E-state index >= 15 is 0 Å². The molecule has 2 aromatic carbocycles. The van der Waals surface area contributed by atoms with E-state index < -0.39 is 17.9 Å². The average molecular weight is 525 g/mol. The fourth-order valence-corrected chi connectivity index (χ4v) is 3.58. The summed E-state index contributed by atoms with van der Waals surface area (Å²) in [7, 11) is 1.55. The fraction of sp³-hybridized carbons (Fsp3) is 0.348. The Morgan fingerprint density at radius 1 is 1.16 bits per heavy atom. The zero-order valence-corrected chi connectivity index (χ0v) is 21.0. The second kappa shape index (κ2) is 11.9. The maximum atomic E-state index is 12.7. The average Bonchev–Trinajstić information content (AvgIpc) is 2.73. The summed E-state index contributed by atoms with van der Waals surface area (Å²) in [5.74, 6) is 0.0855. The number of carbonyl (C=O) groups excluding carboxylic acids is 2. The van der Waals surface area contributed by atoms with Crippen LogP contribution >= 0.6 is 27.5 Å². The summed E-state index contributed by atoms with van der Waals surface area (Å²) in [5, 5.41) is 7.07.